The van der Waals surface area contributed by atoms with Crippen molar-refractivity contribution in [2.75, 3.05) is 11.5 Å². The van der Waals surface area contributed by atoms with Gasteiger partial charge in [0.25, 0.3) is 5.91 Å². The Bertz CT molecular complexity index is 1460. The number of hydrogen-bond acceptors (Lipinski definition) is 5. The maximum atomic E-state index is 13.7. The van der Waals surface area contributed by atoms with Gasteiger partial charge in [-0.3, -0.25) is 14.5 Å². The fourth-order valence-corrected chi connectivity index (χ4v) is 4.58. The van der Waals surface area contributed by atoms with Crippen molar-refractivity contribution in [3.05, 3.63) is 99.0 Å². The summed E-state index contributed by atoms with van der Waals surface area (Å²) in [5, 5.41) is 0.469. The molecule has 0 fully saturated rings. The van der Waals surface area contributed by atoms with Gasteiger partial charge in [0.15, 0.2) is 5.43 Å². The van der Waals surface area contributed by atoms with E-state index in [1.54, 1.807) is 17.2 Å². The van der Waals surface area contributed by atoms with Gasteiger partial charge < -0.3 is 9.15 Å². The van der Waals surface area contributed by atoms with Gasteiger partial charge >= 0.3 is 0 Å². The Hall–Kier alpha value is -3.93. The molecule has 5 rings (SSSR count). The number of aryl methyl sites for hydroxylation is 2. The van der Waals surface area contributed by atoms with Crippen LogP contribution in [0.25, 0.3) is 11.0 Å². The van der Waals surface area contributed by atoms with Gasteiger partial charge in [-0.25, -0.2) is 4.98 Å². The van der Waals surface area contributed by atoms with Crippen molar-refractivity contribution < 1.29 is 13.9 Å². The van der Waals surface area contributed by atoms with Crippen LogP contribution >= 0.6 is 0 Å². The third kappa shape index (κ3) is 4.20. The first kappa shape index (κ1) is 22.8. The molecule has 0 saturated carbocycles. The van der Waals surface area contributed by atoms with Crippen LogP contribution in [0.2, 0.25) is 0 Å². The first-order chi connectivity index (χ1) is 17.0. The van der Waals surface area contributed by atoms with Crippen LogP contribution in [0.15, 0.2) is 70.0 Å². The number of nitrogens with zero attached hydrogens (tertiary/aromatic N) is 2. The second-order valence-corrected chi connectivity index (χ2v) is 9.07. The van der Waals surface area contributed by atoms with E-state index in [-0.39, 0.29) is 17.1 Å². The summed E-state index contributed by atoms with van der Waals surface area (Å²) >= 11 is 0. The molecule has 0 bridgehead atoms. The lowest BCUT2D eigenvalue weighted by atomic mass is 9.98. The molecule has 4 aromatic rings. The van der Waals surface area contributed by atoms with Crippen molar-refractivity contribution in [2.45, 2.75) is 46.1 Å². The van der Waals surface area contributed by atoms with Crippen molar-refractivity contribution in [1.29, 1.82) is 0 Å². The highest BCUT2D eigenvalue weighted by atomic mass is 16.5. The van der Waals surface area contributed by atoms with Gasteiger partial charge in [0.1, 0.15) is 17.2 Å². The standard InChI is InChI=1S/C29H28N2O4/c1-4-5-6-15-34-21-10-8-20(9-11-21)26-25-27(32)22-16-18(2)7-12-23(22)35-28(25)29(33)31(26)24-17-19(3)13-14-30-24/h7-14,16-17,26H,4-6,15H2,1-3H3. The van der Waals surface area contributed by atoms with Crippen molar-refractivity contribution in [3.8, 4) is 5.75 Å². The Kier molecular flexibility index (Phi) is 6.12. The van der Waals surface area contributed by atoms with Gasteiger partial charge in [-0.2, -0.15) is 0 Å². The van der Waals surface area contributed by atoms with Crippen LogP contribution in [0.1, 0.15) is 65.0 Å². The average Bonchev–Trinajstić information content (AvgIpc) is 3.15. The number of aromatic nitrogens is 1. The third-order valence-electron chi connectivity index (χ3n) is 6.39. The first-order valence-corrected chi connectivity index (χ1v) is 12.0. The Morgan fingerprint density at radius 1 is 0.971 bits per heavy atom. The molecule has 2 aromatic carbocycles. The molecule has 1 atom stereocenters. The minimum Gasteiger partial charge on any atom is -0.494 e. The predicted molar refractivity (Wildman–Crippen MR) is 136 cm³/mol. The summed E-state index contributed by atoms with van der Waals surface area (Å²) in [6.45, 7) is 6.69. The van der Waals surface area contributed by atoms with Gasteiger partial charge in [-0.15, -0.1) is 0 Å². The number of hydrogen-bond donors (Lipinski definition) is 0. The minimum atomic E-state index is -0.651. The Labute approximate surface area is 204 Å². The molecule has 0 radical (unpaired) electrons. The molecule has 0 spiro atoms. The monoisotopic (exact) mass is 468 g/mol. The fourth-order valence-electron chi connectivity index (χ4n) is 4.58. The van der Waals surface area contributed by atoms with E-state index in [4.69, 9.17) is 9.15 Å². The SMILES string of the molecule is CCCCCOc1ccc(C2c3c(oc4ccc(C)cc4c3=O)C(=O)N2c2cc(C)ccn2)cc1. The number of ether oxygens (including phenoxy) is 1. The van der Waals surface area contributed by atoms with Crippen molar-refractivity contribution in [2.24, 2.45) is 0 Å². The predicted octanol–water partition coefficient (Wildman–Crippen LogP) is 6.12. The molecule has 0 saturated heterocycles. The number of amides is 1. The van der Waals surface area contributed by atoms with E-state index in [9.17, 15) is 9.59 Å². The zero-order chi connectivity index (χ0) is 24.5. The van der Waals surface area contributed by atoms with Crippen LogP contribution in [0.3, 0.4) is 0 Å². The zero-order valence-corrected chi connectivity index (χ0v) is 20.2. The first-order valence-electron chi connectivity index (χ1n) is 12.0. The van der Waals surface area contributed by atoms with Gasteiger partial charge in [0.05, 0.1) is 23.6 Å². The molecule has 0 N–H and O–H groups in total. The number of carbonyl (C=O) groups is 1. The highest BCUT2D eigenvalue weighted by molar-refractivity contribution is 6.10. The topological polar surface area (TPSA) is 72.6 Å². The highest BCUT2D eigenvalue weighted by Crippen LogP contribution is 2.41. The number of unbranched alkanes of at least 4 members (excludes halogenated alkanes) is 2. The molecule has 178 valence electrons. The number of fused-ring (bicyclic) bond motifs is 2. The molecule has 2 aromatic heterocycles. The highest BCUT2D eigenvalue weighted by Gasteiger charge is 2.44. The van der Waals surface area contributed by atoms with Crippen LogP contribution in [-0.2, 0) is 0 Å². The summed E-state index contributed by atoms with van der Waals surface area (Å²) in [5.74, 6) is 0.934. The molecular formula is C29H28N2O4. The molecule has 1 amide bonds. The molecule has 6 heteroatoms. The lowest BCUT2D eigenvalue weighted by molar-refractivity contribution is 0.0970. The third-order valence-corrected chi connectivity index (χ3v) is 6.39. The summed E-state index contributed by atoms with van der Waals surface area (Å²) in [6.07, 6.45) is 4.93. The Morgan fingerprint density at radius 2 is 1.74 bits per heavy atom. The molecule has 0 aliphatic carbocycles. The molecule has 1 aliphatic rings. The van der Waals surface area contributed by atoms with Crippen molar-refractivity contribution >= 4 is 22.7 Å². The second-order valence-electron chi connectivity index (χ2n) is 9.07. The van der Waals surface area contributed by atoms with E-state index in [2.05, 4.69) is 11.9 Å². The van der Waals surface area contributed by atoms with Crippen molar-refractivity contribution in [1.82, 2.24) is 4.98 Å². The van der Waals surface area contributed by atoms with Crippen LogP contribution in [0.4, 0.5) is 5.82 Å². The van der Waals surface area contributed by atoms with E-state index in [0.717, 1.165) is 41.7 Å². The van der Waals surface area contributed by atoms with Gasteiger partial charge in [-0.05, 0) is 67.8 Å². The van der Waals surface area contributed by atoms with E-state index in [1.165, 1.54) is 0 Å². The summed E-state index contributed by atoms with van der Waals surface area (Å²) in [7, 11) is 0. The van der Waals surface area contributed by atoms with Gasteiger partial charge in [-0.1, -0.05) is 43.5 Å². The number of rotatable bonds is 7. The molecule has 3 heterocycles. The molecule has 1 unspecified atom stereocenters. The zero-order valence-electron chi connectivity index (χ0n) is 20.2. The van der Waals surface area contributed by atoms with E-state index in [0.29, 0.717) is 29.0 Å². The quantitative estimate of drug-likeness (QED) is 0.305. The molecule has 35 heavy (non-hydrogen) atoms. The maximum Gasteiger partial charge on any atom is 0.296 e. The van der Waals surface area contributed by atoms with Gasteiger partial charge in [0, 0.05) is 6.20 Å². The summed E-state index contributed by atoms with van der Waals surface area (Å²) in [5.41, 5.74) is 3.26. The lowest BCUT2D eigenvalue weighted by Crippen LogP contribution is -2.30. The Balaban J connectivity index is 1.63. The van der Waals surface area contributed by atoms with Crippen LogP contribution < -0.4 is 15.1 Å². The normalized spacial score (nSPS) is 15.0. The maximum absolute atomic E-state index is 13.7. The smallest absolute Gasteiger partial charge is 0.296 e. The Morgan fingerprint density at radius 3 is 2.49 bits per heavy atom. The van der Waals surface area contributed by atoms with Crippen LogP contribution in [0, 0.1) is 13.8 Å². The number of carbonyl (C=O) groups excluding carboxylic acids is 1. The van der Waals surface area contributed by atoms with Crippen LogP contribution in [0.5, 0.6) is 5.75 Å². The second kappa shape index (κ2) is 9.37. The molecular weight excluding hydrogens is 440 g/mol. The van der Waals surface area contributed by atoms with Crippen molar-refractivity contribution in [3.63, 3.8) is 0 Å². The average molecular weight is 469 g/mol. The van der Waals surface area contributed by atoms with E-state index in [1.807, 2.05) is 62.4 Å². The number of anilines is 1. The largest absolute Gasteiger partial charge is 0.494 e. The number of pyridine rings is 1. The van der Waals surface area contributed by atoms with E-state index < -0.39 is 6.04 Å². The lowest BCUT2D eigenvalue weighted by Gasteiger charge is -2.24. The van der Waals surface area contributed by atoms with Gasteiger partial charge in [0.2, 0.25) is 5.76 Å². The van der Waals surface area contributed by atoms with E-state index >= 15 is 0 Å². The summed E-state index contributed by atoms with van der Waals surface area (Å²) in [4.78, 5) is 33.4. The minimum absolute atomic E-state index is 0.0690. The number of benzene rings is 2. The molecule has 1 aliphatic heterocycles. The summed E-state index contributed by atoms with van der Waals surface area (Å²) < 4.78 is 11.9. The van der Waals surface area contributed by atoms with Crippen LogP contribution in [-0.4, -0.2) is 17.5 Å². The summed E-state index contributed by atoms with van der Waals surface area (Å²) in [6, 6.07) is 16.1. The fraction of sp³-hybridized carbons (Fsp3) is 0.276. The molecule has 6 nitrogen and oxygen atoms in total.